The number of anilines is 1. The van der Waals surface area contributed by atoms with Gasteiger partial charge in [-0.25, -0.2) is 0 Å². The molecule has 2 amide bonds. The summed E-state index contributed by atoms with van der Waals surface area (Å²) in [7, 11) is 0. The Morgan fingerprint density at radius 1 is 1.27 bits per heavy atom. The first-order valence-electron chi connectivity index (χ1n) is 7.88. The van der Waals surface area contributed by atoms with Gasteiger partial charge in [-0.3, -0.25) is 14.4 Å². The first kappa shape index (κ1) is 17.7. The standard InChI is InChI=1S/C18H17N3O4S/c1-10(17(24)21-18-13(16(19)23)6-7-26-18)25-15(22)8-11-9-20-14-5-3-2-4-12(11)14/h2-7,9-10,20H,8H2,1H3,(H2,19,23)(H,21,24). The van der Waals surface area contributed by atoms with Gasteiger partial charge in [-0.05, 0) is 30.0 Å². The van der Waals surface area contributed by atoms with E-state index in [1.165, 1.54) is 24.3 Å². The summed E-state index contributed by atoms with van der Waals surface area (Å²) in [6.07, 6.45) is 0.796. The molecule has 0 saturated carbocycles. The van der Waals surface area contributed by atoms with Crippen molar-refractivity contribution in [1.29, 1.82) is 0 Å². The van der Waals surface area contributed by atoms with E-state index in [9.17, 15) is 14.4 Å². The third kappa shape index (κ3) is 3.75. The van der Waals surface area contributed by atoms with Gasteiger partial charge in [0.1, 0.15) is 5.00 Å². The van der Waals surface area contributed by atoms with Crippen LogP contribution in [0.2, 0.25) is 0 Å². The zero-order valence-corrected chi connectivity index (χ0v) is 14.8. The fourth-order valence-electron chi connectivity index (χ4n) is 2.54. The number of ether oxygens (including phenoxy) is 1. The molecule has 0 aliphatic carbocycles. The van der Waals surface area contributed by atoms with Gasteiger partial charge in [0.25, 0.3) is 11.8 Å². The number of aromatic nitrogens is 1. The van der Waals surface area contributed by atoms with Crippen LogP contribution >= 0.6 is 11.3 Å². The van der Waals surface area contributed by atoms with Crippen molar-refractivity contribution in [1.82, 2.24) is 4.98 Å². The second-order valence-electron chi connectivity index (χ2n) is 5.69. The number of para-hydroxylation sites is 1. The number of H-pyrrole nitrogens is 1. The number of carbonyl (C=O) groups is 3. The van der Waals surface area contributed by atoms with E-state index in [4.69, 9.17) is 10.5 Å². The van der Waals surface area contributed by atoms with Gasteiger partial charge in [-0.1, -0.05) is 18.2 Å². The van der Waals surface area contributed by atoms with Gasteiger partial charge in [0.2, 0.25) is 0 Å². The van der Waals surface area contributed by atoms with Crippen LogP contribution in [0.3, 0.4) is 0 Å². The number of hydrogen-bond acceptors (Lipinski definition) is 5. The number of primary amides is 1. The summed E-state index contributed by atoms with van der Waals surface area (Å²) >= 11 is 1.17. The predicted molar refractivity (Wildman–Crippen MR) is 99.0 cm³/mol. The molecular weight excluding hydrogens is 354 g/mol. The van der Waals surface area contributed by atoms with Gasteiger partial charge in [0.15, 0.2) is 6.10 Å². The molecule has 7 nitrogen and oxygen atoms in total. The van der Waals surface area contributed by atoms with E-state index in [1.807, 2.05) is 24.3 Å². The number of nitrogens with two attached hydrogens (primary N) is 1. The topological polar surface area (TPSA) is 114 Å². The van der Waals surface area contributed by atoms with Crippen molar-refractivity contribution >= 4 is 45.0 Å². The Bertz CT molecular complexity index is 976. The molecular formula is C18H17N3O4S. The van der Waals surface area contributed by atoms with E-state index in [1.54, 1.807) is 11.6 Å². The van der Waals surface area contributed by atoms with E-state index in [0.717, 1.165) is 16.5 Å². The van der Waals surface area contributed by atoms with Crippen molar-refractivity contribution in [3.8, 4) is 0 Å². The number of carbonyl (C=O) groups excluding carboxylic acids is 3. The third-order valence-electron chi connectivity index (χ3n) is 3.85. The SMILES string of the molecule is CC(OC(=O)Cc1c[nH]c2ccccc12)C(=O)Nc1sccc1C(N)=O. The van der Waals surface area contributed by atoms with Crippen molar-refractivity contribution in [3.05, 3.63) is 53.0 Å². The molecule has 0 fully saturated rings. The van der Waals surface area contributed by atoms with Crippen molar-refractivity contribution in [3.63, 3.8) is 0 Å². The summed E-state index contributed by atoms with van der Waals surface area (Å²) in [6, 6.07) is 9.14. The Labute approximate surface area is 153 Å². The number of nitrogens with one attached hydrogen (secondary N) is 2. The summed E-state index contributed by atoms with van der Waals surface area (Å²) in [5.41, 5.74) is 7.19. The van der Waals surface area contributed by atoms with E-state index in [-0.39, 0.29) is 12.0 Å². The predicted octanol–water partition coefficient (Wildman–Crippen LogP) is 2.44. The molecule has 0 aliphatic rings. The molecule has 134 valence electrons. The number of benzene rings is 1. The van der Waals surface area contributed by atoms with Crippen LogP contribution < -0.4 is 11.1 Å². The van der Waals surface area contributed by atoms with E-state index in [0.29, 0.717) is 5.00 Å². The van der Waals surface area contributed by atoms with Gasteiger partial charge in [-0.15, -0.1) is 11.3 Å². The largest absolute Gasteiger partial charge is 0.452 e. The molecule has 2 aromatic heterocycles. The Morgan fingerprint density at radius 3 is 2.81 bits per heavy atom. The highest BCUT2D eigenvalue weighted by atomic mass is 32.1. The molecule has 3 rings (SSSR count). The molecule has 0 radical (unpaired) electrons. The van der Waals surface area contributed by atoms with Crippen LogP contribution in [0.25, 0.3) is 10.9 Å². The van der Waals surface area contributed by atoms with Crippen LogP contribution in [-0.4, -0.2) is 28.9 Å². The van der Waals surface area contributed by atoms with Crippen LogP contribution in [0.4, 0.5) is 5.00 Å². The maximum Gasteiger partial charge on any atom is 0.311 e. The number of esters is 1. The lowest BCUT2D eigenvalue weighted by Gasteiger charge is -2.13. The molecule has 0 bridgehead atoms. The lowest BCUT2D eigenvalue weighted by Crippen LogP contribution is -2.30. The lowest BCUT2D eigenvalue weighted by molar-refractivity contribution is -0.152. The zero-order chi connectivity index (χ0) is 18.7. The molecule has 8 heteroatoms. The summed E-state index contributed by atoms with van der Waals surface area (Å²) in [4.78, 5) is 38.7. The highest BCUT2D eigenvalue weighted by molar-refractivity contribution is 7.14. The van der Waals surface area contributed by atoms with Crippen LogP contribution in [-0.2, 0) is 20.7 Å². The molecule has 0 spiro atoms. The van der Waals surface area contributed by atoms with Gasteiger partial charge < -0.3 is 20.8 Å². The Kier molecular flexibility index (Phi) is 5.04. The maximum atomic E-state index is 12.2. The van der Waals surface area contributed by atoms with Crippen molar-refractivity contribution in [2.45, 2.75) is 19.4 Å². The number of aromatic amines is 1. The van der Waals surface area contributed by atoms with Gasteiger partial charge in [0, 0.05) is 17.1 Å². The number of amides is 2. The van der Waals surface area contributed by atoms with E-state index in [2.05, 4.69) is 10.3 Å². The Hall–Kier alpha value is -3.13. The van der Waals surface area contributed by atoms with Crippen LogP contribution in [0.15, 0.2) is 41.9 Å². The van der Waals surface area contributed by atoms with Crippen LogP contribution in [0.1, 0.15) is 22.8 Å². The summed E-state index contributed by atoms with van der Waals surface area (Å²) in [5.74, 6) is -1.67. The van der Waals surface area contributed by atoms with Crippen molar-refractivity contribution in [2.24, 2.45) is 5.73 Å². The highest BCUT2D eigenvalue weighted by Gasteiger charge is 2.21. The average Bonchev–Trinajstić information content (AvgIpc) is 3.22. The molecule has 1 unspecified atom stereocenters. The summed E-state index contributed by atoms with van der Waals surface area (Å²) in [6.45, 7) is 1.47. The van der Waals surface area contributed by atoms with Gasteiger partial charge in [0.05, 0.1) is 12.0 Å². The zero-order valence-electron chi connectivity index (χ0n) is 13.9. The molecule has 0 saturated heterocycles. The summed E-state index contributed by atoms with van der Waals surface area (Å²) in [5, 5.41) is 5.47. The third-order valence-corrected chi connectivity index (χ3v) is 4.68. The van der Waals surface area contributed by atoms with Crippen molar-refractivity contribution < 1.29 is 19.1 Å². The Morgan fingerprint density at radius 2 is 2.04 bits per heavy atom. The molecule has 4 N–H and O–H groups in total. The first-order chi connectivity index (χ1) is 12.5. The second kappa shape index (κ2) is 7.40. The minimum atomic E-state index is -1.00. The first-order valence-corrected chi connectivity index (χ1v) is 8.76. The van der Waals surface area contributed by atoms with E-state index >= 15 is 0 Å². The number of rotatable bonds is 6. The molecule has 0 aliphatic heterocycles. The minimum Gasteiger partial charge on any atom is -0.452 e. The second-order valence-corrected chi connectivity index (χ2v) is 6.60. The highest BCUT2D eigenvalue weighted by Crippen LogP contribution is 2.23. The molecule has 1 aromatic carbocycles. The lowest BCUT2D eigenvalue weighted by atomic mass is 10.1. The van der Waals surface area contributed by atoms with Crippen LogP contribution in [0, 0.1) is 0 Å². The van der Waals surface area contributed by atoms with Gasteiger partial charge >= 0.3 is 5.97 Å². The molecule has 26 heavy (non-hydrogen) atoms. The molecule has 2 heterocycles. The molecule has 1 atom stereocenters. The van der Waals surface area contributed by atoms with Gasteiger partial charge in [-0.2, -0.15) is 0 Å². The Balaban J connectivity index is 1.61. The quantitative estimate of drug-likeness (QED) is 0.577. The number of thiophene rings is 1. The number of hydrogen-bond donors (Lipinski definition) is 3. The fourth-order valence-corrected chi connectivity index (χ4v) is 3.33. The maximum absolute atomic E-state index is 12.2. The number of fused-ring (bicyclic) bond motifs is 1. The minimum absolute atomic E-state index is 0.0488. The van der Waals surface area contributed by atoms with E-state index < -0.39 is 23.9 Å². The van der Waals surface area contributed by atoms with Crippen molar-refractivity contribution in [2.75, 3.05) is 5.32 Å². The molecule has 3 aromatic rings. The smallest absolute Gasteiger partial charge is 0.311 e. The fraction of sp³-hybridized carbons (Fsp3) is 0.167. The summed E-state index contributed by atoms with van der Waals surface area (Å²) < 4.78 is 5.21. The monoisotopic (exact) mass is 371 g/mol. The van der Waals surface area contributed by atoms with Crippen LogP contribution in [0.5, 0.6) is 0 Å². The normalized spacial score (nSPS) is 11.9. The average molecular weight is 371 g/mol.